The third kappa shape index (κ3) is 6.49. The van der Waals surface area contributed by atoms with Gasteiger partial charge in [0.05, 0.1) is 12.7 Å². The van der Waals surface area contributed by atoms with E-state index in [1.807, 2.05) is 60.7 Å². The van der Waals surface area contributed by atoms with Crippen molar-refractivity contribution in [1.29, 1.82) is 0 Å². The summed E-state index contributed by atoms with van der Waals surface area (Å²) in [4.78, 5) is 0. The molecule has 0 radical (unpaired) electrons. The summed E-state index contributed by atoms with van der Waals surface area (Å²) in [5.74, 6) is 0. The van der Waals surface area contributed by atoms with Crippen LogP contribution in [0.5, 0.6) is 0 Å². The Morgan fingerprint density at radius 3 is 1.81 bits per heavy atom. The highest BCUT2D eigenvalue weighted by atomic mass is 16.4. The molecule has 0 aliphatic rings. The second-order valence-corrected chi connectivity index (χ2v) is 6.32. The number of hydrogen-bond acceptors (Lipinski definition) is 6. The molecule has 0 saturated carbocycles. The number of benzene rings is 2. The number of rotatable bonds is 11. The summed E-state index contributed by atoms with van der Waals surface area (Å²) in [5.41, 5.74) is 2.16. The topological polar surface area (TPSA) is 105 Å². The first-order valence-electron chi connectivity index (χ1n) is 8.79. The van der Waals surface area contributed by atoms with E-state index in [0.29, 0.717) is 19.6 Å². The molecule has 2 aromatic rings. The summed E-state index contributed by atoms with van der Waals surface area (Å²) in [6.07, 6.45) is -4.06. The van der Waals surface area contributed by atoms with Crippen LogP contribution >= 0.6 is 0 Å². The molecule has 26 heavy (non-hydrogen) atoms. The van der Waals surface area contributed by atoms with Crippen molar-refractivity contribution in [3.63, 3.8) is 0 Å². The second kappa shape index (κ2) is 11.0. The Kier molecular flexibility index (Phi) is 8.70. The molecule has 0 aliphatic heterocycles. The van der Waals surface area contributed by atoms with Gasteiger partial charge in [-0.1, -0.05) is 60.7 Å². The minimum absolute atomic E-state index is 0.387. The third-order valence-electron chi connectivity index (χ3n) is 4.29. The van der Waals surface area contributed by atoms with Crippen molar-refractivity contribution >= 4 is 0 Å². The molecule has 0 unspecified atom stereocenters. The van der Waals surface area contributed by atoms with Gasteiger partial charge in [0.25, 0.3) is 0 Å². The van der Waals surface area contributed by atoms with Crippen LogP contribution in [0.15, 0.2) is 60.7 Å². The Morgan fingerprint density at radius 2 is 1.27 bits per heavy atom. The molecule has 6 nitrogen and oxygen atoms in total. The largest absolute Gasteiger partial charge is 0.394 e. The van der Waals surface area contributed by atoms with Crippen molar-refractivity contribution in [3.05, 3.63) is 71.8 Å². The molecule has 2 rings (SSSR count). The average molecular weight is 360 g/mol. The van der Waals surface area contributed by atoms with E-state index in [1.54, 1.807) is 0 Å². The minimum Gasteiger partial charge on any atom is -0.394 e. The van der Waals surface area contributed by atoms with Crippen LogP contribution in [0.25, 0.3) is 0 Å². The van der Waals surface area contributed by atoms with Crippen LogP contribution < -0.4 is 10.6 Å². The van der Waals surface area contributed by atoms with Crippen LogP contribution in [0.2, 0.25) is 0 Å². The zero-order valence-electron chi connectivity index (χ0n) is 14.7. The van der Waals surface area contributed by atoms with Crippen molar-refractivity contribution in [2.75, 3.05) is 13.2 Å². The molecule has 0 aromatic heterocycles. The van der Waals surface area contributed by atoms with Crippen LogP contribution in [0.4, 0.5) is 0 Å². The maximum absolute atomic E-state index is 10.4. The SMILES string of the molecule is OC[C@@H](O)[C@@H](O)[C@H](O)[C@H](CNCc1ccccc1)NCc1ccccc1. The molecule has 0 aliphatic carbocycles. The standard InChI is InChI=1S/C20H28N2O4/c23-14-18(24)20(26)19(25)17(22-12-16-9-5-2-6-10-16)13-21-11-15-7-3-1-4-8-15/h1-10,17-26H,11-14H2/t17-,18+,19+,20+/m0/s1. The van der Waals surface area contributed by atoms with E-state index < -0.39 is 31.0 Å². The molecule has 0 saturated heterocycles. The first-order chi connectivity index (χ1) is 12.6. The van der Waals surface area contributed by atoms with Gasteiger partial charge in [0.1, 0.15) is 12.2 Å². The lowest BCUT2D eigenvalue weighted by Crippen LogP contribution is -2.54. The van der Waals surface area contributed by atoms with Gasteiger partial charge in [-0.15, -0.1) is 0 Å². The summed E-state index contributed by atoms with van der Waals surface area (Å²) >= 11 is 0. The van der Waals surface area contributed by atoms with Gasteiger partial charge in [-0.25, -0.2) is 0 Å². The predicted molar refractivity (Wildman–Crippen MR) is 100 cm³/mol. The van der Waals surface area contributed by atoms with Gasteiger partial charge in [-0.3, -0.25) is 0 Å². The maximum atomic E-state index is 10.4. The highest BCUT2D eigenvalue weighted by molar-refractivity contribution is 5.15. The fourth-order valence-electron chi connectivity index (χ4n) is 2.70. The second-order valence-electron chi connectivity index (χ2n) is 6.32. The molecular formula is C20H28N2O4. The molecule has 0 amide bonds. The van der Waals surface area contributed by atoms with E-state index in [0.717, 1.165) is 11.1 Å². The monoisotopic (exact) mass is 360 g/mol. The van der Waals surface area contributed by atoms with Crippen LogP contribution in [0, 0.1) is 0 Å². The maximum Gasteiger partial charge on any atom is 0.110 e. The zero-order chi connectivity index (χ0) is 18.8. The van der Waals surface area contributed by atoms with Gasteiger partial charge in [-0.05, 0) is 11.1 Å². The third-order valence-corrected chi connectivity index (χ3v) is 4.29. The van der Waals surface area contributed by atoms with Crippen molar-refractivity contribution in [2.24, 2.45) is 0 Å². The summed E-state index contributed by atoms with van der Waals surface area (Å²) in [6.45, 7) is 0.909. The predicted octanol–water partition coefficient (Wildman–Crippen LogP) is 0.00960. The first kappa shape index (κ1) is 20.5. The minimum atomic E-state index is -1.44. The lowest BCUT2D eigenvalue weighted by molar-refractivity contribution is -0.0868. The van der Waals surface area contributed by atoms with E-state index in [2.05, 4.69) is 10.6 Å². The van der Waals surface area contributed by atoms with E-state index in [-0.39, 0.29) is 0 Å². The number of nitrogens with one attached hydrogen (secondary N) is 2. The van der Waals surface area contributed by atoms with Gasteiger partial charge < -0.3 is 31.1 Å². The molecule has 4 atom stereocenters. The molecule has 0 fully saturated rings. The van der Waals surface area contributed by atoms with Crippen LogP contribution in [-0.4, -0.2) is 57.9 Å². The quantitative estimate of drug-likeness (QED) is 0.337. The Hall–Kier alpha value is -1.80. The molecule has 0 heterocycles. The molecule has 142 valence electrons. The molecule has 6 N–H and O–H groups in total. The van der Waals surface area contributed by atoms with Gasteiger partial charge in [0.15, 0.2) is 0 Å². The Balaban J connectivity index is 1.95. The van der Waals surface area contributed by atoms with Crippen molar-refractivity contribution in [2.45, 2.75) is 37.4 Å². The van der Waals surface area contributed by atoms with Crippen LogP contribution in [-0.2, 0) is 13.1 Å². The smallest absolute Gasteiger partial charge is 0.110 e. The molecule has 6 heteroatoms. The van der Waals surface area contributed by atoms with Gasteiger partial charge in [0, 0.05) is 25.7 Å². The number of aliphatic hydroxyl groups excluding tert-OH is 4. The van der Waals surface area contributed by atoms with E-state index in [4.69, 9.17) is 5.11 Å². The Morgan fingerprint density at radius 1 is 0.731 bits per heavy atom. The van der Waals surface area contributed by atoms with Gasteiger partial charge >= 0.3 is 0 Å². The van der Waals surface area contributed by atoms with Crippen LogP contribution in [0.3, 0.4) is 0 Å². The van der Waals surface area contributed by atoms with E-state index >= 15 is 0 Å². The Labute approximate surface area is 154 Å². The average Bonchev–Trinajstić information content (AvgIpc) is 2.70. The highest BCUT2D eigenvalue weighted by Gasteiger charge is 2.30. The number of aliphatic hydroxyl groups is 4. The normalized spacial score (nSPS) is 16.0. The van der Waals surface area contributed by atoms with Crippen molar-refractivity contribution < 1.29 is 20.4 Å². The number of hydrogen-bond donors (Lipinski definition) is 6. The fourth-order valence-corrected chi connectivity index (χ4v) is 2.70. The summed E-state index contributed by atoms with van der Waals surface area (Å²) in [7, 11) is 0. The summed E-state index contributed by atoms with van der Waals surface area (Å²) < 4.78 is 0. The lowest BCUT2D eigenvalue weighted by Gasteiger charge is -2.30. The zero-order valence-corrected chi connectivity index (χ0v) is 14.7. The van der Waals surface area contributed by atoms with Gasteiger partial charge in [0.2, 0.25) is 0 Å². The molecule has 0 bridgehead atoms. The summed E-state index contributed by atoms with van der Waals surface area (Å²) in [5, 5.41) is 45.6. The lowest BCUT2D eigenvalue weighted by atomic mass is 10.0. The van der Waals surface area contributed by atoms with Crippen LogP contribution in [0.1, 0.15) is 11.1 Å². The van der Waals surface area contributed by atoms with Crippen molar-refractivity contribution in [3.8, 4) is 0 Å². The molecule has 2 aromatic carbocycles. The fraction of sp³-hybridized carbons (Fsp3) is 0.400. The first-order valence-corrected chi connectivity index (χ1v) is 8.79. The molecular weight excluding hydrogens is 332 g/mol. The highest BCUT2D eigenvalue weighted by Crippen LogP contribution is 2.07. The molecule has 0 spiro atoms. The van der Waals surface area contributed by atoms with E-state index in [1.165, 1.54) is 0 Å². The summed E-state index contributed by atoms with van der Waals surface area (Å²) in [6, 6.07) is 19.1. The van der Waals surface area contributed by atoms with Gasteiger partial charge in [-0.2, -0.15) is 0 Å². The van der Waals surface area contributed by atoms with Crippen molar-refractivity contribution in [1.82, 2.24) is 10.6 Å². The van der Waals surface area contributed by atoms with E-state index in [9.17, 15) is 15.3 Å². The Bertz CT molecular complexity index is 612.